The van der Waals surface area contributed by atoms with E-state index in [0.29, 0.717) is 23.7 Å². The lowest BCUT2D eigenvalue weighted by Gasteiger charge is -2.41. The van der Waals surface area contributed by atoms with Gasteiger partial charge < -0.3 is 19.8 Å². The number of carbonyl (C=O) groups is 3. The van der Waals surface area contributed by atoms with Gasteiger partial charge in [0.2, 0.25) is 11.8 Å². The van der Waals surface area contributed by atoms with Crippen LogP contribution in [0.1, 0.15) is 25.8 Å². The number of carbonyl (C=O) groups excluding carboxylic acids is 3. The highest BCUT2D eigenvalue weighted by molar-refractivity contribution is 9.09. The summed E-state index contributed by atoms with van der Waals surface area (Å²) in [6, 6.07) is 3.99. The number of aryl methyl sites for hydroxylation is 1. The minimum atomic E-state index is -0.886. The van der Waals surface area contributed by atoms with Gasteiger partial charge in [-0.05, 0) is 30.9 Å². The van der Waals surface area contributed by atoms with Gasteiger partial charge in [-0.1, -0.05) is 65.7 Å². The monoisotopic (exact) mass is 637 g/mol. The Morgan fingerprint density at radius 2 is 1.95 bits per heavy atom. The van der Waals surface area contributed by atoms with Crippen LogP contribution in [0, 0.1) is 24.7 Å². The van der Waals surface area contributed by atoms with Gasteiger partial charge in [-0.3, -0.25) is 14.4 Å². The average Bonchev–Trinajstić information content (AvgIpc) is 3.46. The van der Waals surface area contributed by atoms with E-state index in [0.717, 1.165) is 5.56 Å². The van der Waals surface area contributed by atoms with Gasteiger partial charge in [0.1, 0.15) is 6.04 Å². The minimum absolute atomic E-state index is 0.0468. The second-order valence-corrected chi connectivity index (χ2v) is 14.2. The molecule has 3 heterocycles. The number of para-hydroxylation sites is 1. The Morgan fingerprint density at radius 3 is 2.51 bits per heavy atom. The molecule has 3 saturated heterocycles. The Kier molecular flexibility index (Phi) is 8.96. The maximum atomic E-state index is 14.8. The zero-order valence-corrected chi connectivity index (χ0v) is 26.0. The molecule has 1 aromatic rings. The van der Waals surface area contributed by atoms with Crippen LogP contribution in [0.5, 0.6) is 0 Å². The van der Waals surface area contributed by atoms with Crippen LogP contribution in [-0.4, -0.2) is 86.3 Å². The number of anilines is 1. The Hall–Kier alpha value is -1.81. The maximum absolute atomic E-state index is 14.8. The number of aliphatic hydroxyl groups is 1. The largest absolute Gasteiger partial charge is 0.394 e. The zero-order valence-electron chi connectivity index (χ0n) is 22.8. The molecule has 1 aromatic carbocycles. The second kappa shape index (κ2) is 11.6. The summed E-state index contributed by atoms with van der Waals surface area (Å²) in [4.78, 5) is 47.7. The first kappa shape index (κ1) is 30.2. The lowest BCUT2D eigenvalue weighted by molar-refractivity contribution is -0.145. The highest BCUT2D eigenvalue weighted by Crippen LogP contribution is 2.68. The molecular formula is C29H37BrClN3O4S. The number of aliphatic hydroxyl groups excluding tert-OH is 1. The van der Waals surface area contributed by atoms with E-state index in [9.17, 15) is 19.5 Å². The highest BCUT2D eigenvalue weighted by atomic mass is 79.9. The normalized spacial score (nSPS) is 29.9. The molecule has 39 heavy (non-hydrogen) atoms. The third kappa shape index (κ3) is 4.77. The molecule has 1 spiro atoms. The third-order valence-corrected chi connectivity index (χ3v) is 11.9. The van der Waals surface area contributed by atoms with Gasteiger partial charge in [0.05, 0.1) is 39.9 Å². The van der Waals surface area contributed by atoms with Crippen LogP contribution in [0.4, 0.5) is 5.69 Å². The highest BCUT2D eigenvalue weighted by Gasteiger charge is 2.76. The molecule has 2 bridgehead atoms. The summed E-state index contributed by atoms with van der Waals surface area (Å²) in [6.07, 6.45) is 3.86. The summed E-state index contributed by atoms with van der Waals surface area (Å²) < 4.78 is -0.834. The van der Waals surface area contributed by atoms with Gasteiger partial charge in [0.15, 0.2) is 0 Å². The third-order valence-electron chi connectivity index (χ3n) is 8.38. The molecule has 3 unspecified atom stereocenters. The summed E-state index contributed by atoms with van der Waals surface area (Å²) in [6.45, 7) is 13.7. The molecule has 1 N–H and O–H groups in total. The molecule has 0 radical (unpaired) electrons. The number of nitrogens with zero attached hydrogens (tertiary/aromatic N) is 3. The topological polar surface area (TPSA) is 81.2 Å². The SMILES string of the molecule is C=CCN(C)C(=O)[C@H]1[C@@H]2SC3(CC2Br)C(C(=O)N(CC=C)c2c(C)cccc2Cl)N([C@@H](CO)C(C)C)C(=O)[C@H]13. The smallest absolute Gasteiger partial charge is 0.251 e. The van der Waals surface area contributed by atoms with E-state index in [1.54, 1.807) is 51.7 Å². The van der Waals surface area contributed by atoms with Crippen LogP contribution in [0.15, 0.2) is 43.5 Å². The fraction of sp³-hybridized carbons (Fsp3) is 0.552. The summed E-state index contributed by atoms with van der Waals surface area (Å²) in [5.74, 6) is -2.02. The lowest BCUT2D eigenvalue weighted by Crippen LogP contribution is -2.59. The van der Waals surface area contributed by atoms with Gasteiger partial charge in [0, 0.05) is 30.2 Å². The van der Waals surface area contributed by atoms with E-state index in [1.165, 1.54) is 0 Å². The number of rotatable bonds is 10. The molecule has 212 valence electrons. The Morgan fingerprint density at radius 1 is 1.28 bits per heavy atom. The lowest BCUT2D eigenvalue weighted by atomic mass is 9.70. The molecule has 3 aliphatic rings. The molecule has 0 aliphatic carbocycles. The van der Waals surface area contributed by atoms with Crippen LogP contribution >= 0.6 is 39.3 Å². The van der Waals surface area contributed by atoms with Gasteiger partial charge in [-0.25, -0.2) is 0 Å². The number of thioether (sulfide) groups is 1. The standard InChI is InChI=1S/C29H37BrClN3O4S/c1-7-12-32(6)26(36)21-22-27(37)34(20(15-35)16(3)4)25(29(22)14-18(30)24(21)39-29)28(38)33(13-8-2)23-17(5)10-9-11-19(23)31/h7-11,16,18,20-22,24-25,35H,1-2,12-15H2,3-6H3/t18?,20-,21+,22-,24+,25?,29?/m0/s1. The molecule has 3 amide bonds. The molecule has 3 aliphatic heterocycles. The molecule has 10 heteroatoms. The first-order chi connectivity index (χ1) is 18.5. The van der Waals surface area contributed by atoms with Crippen molar-refractivity contribution in [3.8, 4) is 0 Å². The molecular weight excluding hydrogens is 602 g/mol. The van der Waals surface area contributed by atoms with E-state index in [2.05, 4.69) is 29.1 Å². The fourth-order valence-electron chi connectivity index (χ4n) is 6.68. The quantitative estimate of drug-likeness (QED) is 0.306. The molecule has 7 atom stereocenters. The van der Waals surface area contributed by atoms with E-state index >= 15 is 0 Å². The van der Waals surface area contributed by atoms with Crippen molar-refractivity contribution in [2.24, 2.45) is 17.8 Å². The van der Waals surface area contributed by atoms with E-state index in [-0.39, 0.29) is 46.9 Å². The van der Waals surface area contributed by atoms with Gasteiger partial charge in [0.25, 0.3) is 5.91 Å². The minimum Gasteiger partial charge on any atom is -0.394 e. The number of alkyl halides is 1. The number of likely N-dealkylation sites (N-methyl/N-ethyl adjacent to an activating group) is 1. The number of likely N-dealkylation sites (tertiary alicyclic amines) is 1. The van der Waals surface area contributed by atoms with Crippen molar-refractivity contribution in [2.45, 2.75) is 54.1 Å². The van der Waals surface area contributed by atoms with E-state index in [4.69, 9.17) is 11.6 Å². The van der Waals surface area contributed by atoms with E-state index < -0.39 is 28.7 Å². The van der Waals surface area contributed by atoms with Gasteiger partial charge in [-0.15, -0.1) is 24.9 Å². The number of benzene rings is 1. The van der Waals surface area contributed by atoms with Gasteiger partial charge in [-0.2, -0.15) is 0 Å². The zero-order chi connectivity index (χ0) is 28.8. The predicted molar refractivity (Wildman–Crippen MR) is 161 cm³/mol. The summed E-state index contributed by atoms with van der Waals surface area (Å²) >= 11 is 12.0. The summed E-state index contributed by atoms with van der Waals surface area (Å²) in [5, 5.41) is 10.8. The number of hydrogen-bond acceptors (Lipinski definition) is 5. The van der Waals surface area contributed by atoms with Crippen LogP contribution in [0.3, 0.4) is 0 Å². The van der Waals surface area contributed by atoms with Crippen molar-refractivity contribution in [1.82, 2.24) is 9.80 Å². The number of amides is 3. The number of hydrogen-bond donors (Lipinski definition) is 1. The van der Waals surface area contributed by atoms with Crippen LogP contribution < -0.4 is 4.90 Å². The van der Waals surface area contributed by atoms with Crippen LogP contribution in [-0.2, 0) is 14.4 Å². The van der Waals surface area contributed by atoms with Crippen molar-refractivity contribution in [3.63, 3.8) is 0 Å². The summed E-state index contributed by atoms with van der Waals surface area (Å²) in [7, 11) is 1.72. The Balaban J connectivity index is 1.89. The van der Waals surface area contributed by atoms with Crippen molar-refractivity contribution >= 4 is 62.7 Å². The Bertz CT molecular complexity index is 1160. The van der Waals surface area contributed by atoms with Crippen molar-refractivity contribution in [3.05, 3.63) is 54.1 Å². The second-order valence-electron chi connectivity index (χ2n) is 11.1. The molecule has 7 nitrogen and oxygen atoms in total. The van der Waals surface area contributed by atoms with Crippen LogP contribution in [0.2, 0.25) is 5.02 Å². The molecule has 3 fully saturated rings. The maximum Gasteiger partial charge on any atom is 0.251 e. The first-order valence-electron chi connectivity index (χ1n) is 13.2. The van der Waals surface area contributed by atoms with Crippen molar-refractivity contribution in [1.29, 1.82) is 0 Å². The van der Waals surface area contributed by atoms with Crippen molar-refractivity contribution in [2.75, 3.05) is 31.6 Å². The number of fused-ring (bicyclic) bond motifs is 1. The number of halogens is 2. The average molecular weight is 639 g/mol. The molecule has 0 saturated carbocycles. The predicted octanol–water partition coefficient (Wildman–Crippen LogP) is 4.29. The van der Waals surface area contributed by atoms with E-state index in [1.807, 2.05) is 32.9 Å². The van der Waals surface area contributed by atoms with Crippen molar-refractivity contribution < 1.29 is 19.5 Å². The van der Waals surface area contributed by atoms with Gasteiger partial charge >= 0.3 is 0 Å². The molecule has 0 aromatic heterocycles. The first-order valence-corrected chi connectivity index (χ1v) is 15.4. The molecule has 4 rings (SSSR count). The Labute approximate surface area is 248 Å². The fourth-order valence-corrected chi connectivity index (χ4v) is 10.6. The van der Waals surface area contributed by atoms with Crippen LogP contribution in [0.25, 0.3) is 0 Å². The summed E-state index contributed by atoms with van der Waals surface area (Å²) in [5.41, 5.74) is 1.40.